The number of carbonyl (C=O) groups excluding carboxylic acids is 1. The van der Waals surface area contributed by atoms with Crippen LogP contribution >= 0.6 is 0 Å². The van der Waals surface area contributed by atoms with Crippen molar-refractivity contribution in [3.63, 3.8) is 0 Å². The average Bonchev–Trinajstić information content (AvgIpc) is 2.05. The first-order valence-electron chi connectivity index (χ1n) is 5.44. The molecule has 0 aromatic heterocycles. The molecule has 0 amide bonds. The highest BCUT2D eigenvalue weighted by Gasteiger charge is 2.53. The Labute approximate surface area is 83.5 Å². The van der Waals surface area contributed by atoms with Crippen LogP contribution in [0, 0.1) is 11.3 Å². The number of carboxylic acids is 1. The Morgan fingerprint density at radius 3 is 2.43 bits per heavy atom. The molecule has 0 radical (unpaired) electrons. The van der Waals surface area contributed by atoms with Crippen molar-refractivity contribution < 1.29 is 14.7 Å². The lowest BCUT2D eigenvalue weighted by atomic mass is 9.58. The third-order valence-electron chi connectivity index (χ3n) is 3.91. The van der Waals surface area contributed by atoms with E-state index in [4.69, 9.17) is 0 Å². The predicted molar refractivity (Wildman–Crippen MR) is 50.9 cm³/mol. The molecule has 0 heterocycles. The molecule has 0 bridgehead atoms. The van der Waals surface area contributed by atoms with Crippen LogP contribution in [0.4, 0.5) is 0 Å². The van der Waals surface area contributed by atoms with Gasteiger partial charge in [-0.25, -0.2) is 0 Å². The summed E-state index contributed by atoms with van der Waals surface area (Å²) < 4.78 is 0. The van der Waals surface area contributed by atoms with Crippen molar-refractivity contribution in [1.82, 2.24) is 0 Å². The molecule has 0 aliphatic heterocycles. The normalized spacial score (nSPS) is 33.9. The van der Waals surface area contributed by atoms with E-state index in [1.165, 1.54) is 0 Å². The van der Waals surface area contributed by atoms with Gasteiger partial charge in [0.2, 0.25) is 0 Å². The van der Waals surface area contributed by atoms with Crippen molar-refractivity contribution in [2.24, 2.45) is 11.3 Å². The van der Waals surface area contributed by atoms with Gasteiger partial charge in [0, 0.05) is 6.42 Å². The smallest absolute Gasteiger partial charge is 0.317 e. The Hall–Kier alpha value is -0.860. The van der Waals surface area contributed by atoms with Crippen LogP contribution < -0.4 is 0 Å². The largest absolute Gasteiger partial charge is 0.480 e. The number of carbonyl (C=O) groups is 2. The number of hydrogen-bond donors (Lipinski definition) is 1. The maximum absolute atomic E-state index is 11.8. The second-order valence-electron chi connectivity index (χ2n) is 4.53. The Morgan fingerprint density at radius 2 is 2.00 bits per heavy atom. The minimum absolute atomic E-state index is 0.0130. The number of aliphatic carboxylic acids is 1. The van der Waals surface area contributed by atoms with Crippen molar-refractivity contribution >= 4 is 11.8 Å². The van der Waals surface area contributed by atoms with Gasteiger partial charge in [0.1, 0.15) is 11.2 Å². The van der Waals surface area contributed by atoms with Crippen molar-refractivity contribution in [1.29, 1.82) is 0 Å². The van der Waals surface area contributed by atoms with Gasteiger partial charge in [-0.1, -0.05) is 12.8 Å². The molecule has 0 saturated heterocycles. The first-order chi connectivity index (χ1) is 6.68. The summed E-state index contributed by atoms with van der Waals surface area (Å²) in [6.45, 7) is 0. The summed E-state index contributed by atoms with van der Waals surface area (Å²) in [5.74, 6) is -0.749. The third-order valence-corrected chi connectivity index (χ3v) is 3.91. The number of hydrogen-bond acceptors (Lipinski definition) is 2. The minimum atomic E-state index is -0.990. The maximum Gasteiger partial charge on any atom is 0.317 e. The molecule has 2 rings (SSSR count). The number of rotatable bonds is 2. The van der Waals surface area contributed by atoms with Gasteiger partial charge in [0.15, 0.2) is 0 Å². The fraction of sp³-hybridized carbons (Fsp3) is 0.818. The molecule has 1 N–H and O–H groups in total. The first kappa shape index (κ1) is 9.69. The maximum atomic E-state index is 11.8. The fourth-order valence-corrected chi connectivity index (χ4v) is 2.79. The molecule has 2 saturated carbocycles. The Bertz CT molecular complexity index is 268. The summed E-state index contributed by atoms with van der Waals surface area (Å²) in [5.41, 5.74) is -0.990. The van der Waals surface area contributed by atoms with Crippen LogP contribution in [0.15, 0.2) is 0 Å². The summed E-state index contributed by atoms with van der Waals surface area (Å²) in [5, 5.41) is 9.27. The molecule has 1 unspecified atom stereocenters. The summed E-state index contributed by atoms with van der Waals surface area (Å²) in [4.78, 5) is 23.1. The van der Waals surface area contributed by atoms with E-state index in [-0.39, 0.29) is 11.7 Å². The predicted octanol–water partition coefficient (Wildman–Crippen LogP) is 2.00. The highest BCUT2D eigenvalue weighted by atomic mass is 16.4. The van der Waals surface area contributed by atoms with Gasteiger partial charge in [0.25, 0.3) is 0 Å². The van der Waals surface area contributed by atoms with E-state index in [1.807, 2.05) is 0 Å². The van der Waals surface area contributed by atoms with E-state index in [1.54, 1.807) is 0 Å². The van der Waals surface area contributed by atoms with Crippen LogP contribution in [-0.4, -0.2) is 16.9 Å². The zero-order valence-electron chi connectivity index (χ0n) is 8.29. The van der Waals surface area contributed by atoms with Crippen LogP contribution in [0.5, 0.6) is 0 Å². The fourth-order valence-electron chi connectivity index (χ4n) is 2.79. The van der Waals surface area contributed by atoms with Crippen LogP contribution in [-0.2, 0) is 9.59 Å². The van der Waals surface area contributed by atoms with Crippen molar-refractivity contribution in [2.75, 3.05) is 0 Å². The Balaban J connectivity index is 2.27. The molecule has 0 aromatic rings. The third kappa shape index (κ3) is 1.18. The zero-order chi connectivity index (χ0) is 10.2. The lowest BCUT2D eigenvalue weighted by Crippen LogP contribution is -2.49. The van der Waals surface area contributed by atoms with E-state index in [0.29, 0.717) is 12.8 Å². The lowest BCUT2D eigenvalue weighted by Gasteiger charge is -2.43. The summed E-state index contributed by atoms with van der Waals surface area (Å²) in [7, 11) is 0. The van der Waals surface area contributed by atoms with E-state index in [0.717, 1.165) is 32.1 Å². The van der Waals surface area contributed by atoms with Gasteiger partial charge in [0.05, 0.1) is 0 Å². The van der Waals surface area contributed by atoms with Crippen LogP contribution in [0.3, 0.4) is 0 Å². The highest BCUT2D eigenvalue weighted by molar-refractivity contribution is 6.04. The zero-order valence-corrected chi connectivity index (χ0v) is 8.29. The molecule has 0 spiro atoms. The van der Waals surface area contributed by atoms with Gasteiger partial charge in [-0.2, -0.15) is 0 Å². The number of ketones is 1. The summed E-state index contributed by atoms with van der Waals surface area (Å²) in [6.07, 6.45) is 5.77. The quantitative estimate of drug-likeness (QED) is 0.687. The molecule has 2 fully saturated rings. The Kier molecular flexibility index (Phi) is 2.33. The second kappa shape index (κ2) is 3.37. The van der Waals surface area contributed by atoms with Gasteiger partial charge in [-0.3, -0.25) is 9.59 Å². The number of carboxylic acid groups (broad SMARTS) is 1. The number of Topliss-reactive ketones (excluding diaryl/α,β-unsaturated/α-hetero) is 1. The molecule has 1 atom stereocenters. The molecular formula is C11H16O3. The average molecular weight is 196 g/mol. The van der Waals surface area contributed by atoms with E-state index in [2.05, 4.69) is 0 Å². The van der Waals surface area contributed by atoms with Gasteiger partial charge in [-0.05, 0) is 31.6 Å². The molecule has 2 aliphatic rings. The van der Waals surface area contributed by atoms with E-state index < -0.39 is 11.4 Å². The van der Waals surface area contributed by atoms with Gasteiger partial charge >= 0.3 is 5.97 Å². The molecule has 3 nitrogen and oxygen atoms in total. The van der Waals surface area contributed by atoms with Crippen molar-refractivity contribution in [3.05, 3.63) is 0 Å². The lowest BCUT2D eigenvalue weighted by molar-refractivity contribution is -0.164. The Morgan fingerprint density at radius 1 is 1.29 bits per heavy atom. The van der Waals surface area contributed by atoms with Crippen molar-refractivity contribution in [3.8, 4) is 0 Å². The molecular weight excluding hydrogens is 180 g/mol. The molecule has 3 heteroatoms. The summed E-state index contributed by atoms with van der Waals surface area (Å²) >= 11 is 0. The SMILES string of the molecule is O=C(O)C1(C2CCC2)CCCCC1=O. The highest BCUT2D eigenvalue weighted by Crippen LogP contribution is 2.48. The van der Waals surface area contributed by atoms with Crippen LogP contribution in [0.1, 0.15) is 44.9 Å². The van der Waals surface area contributed by atoms with E-state index >= 15 is 0 Å². The molecule has 78 valence electrons. The topological polar surface area (TPSA) is 54.4 Å². The second-order valence-corrected chi connectivity index (χ2v) is 4.53. The van der Waals surface area contributed by atoms with Gasteiger partial charge < -0.3 is 5.11 Å². The standard InChI is InChI=1S/C11H16O3/c12-9-6-1-2-7-11(9,10(13)14)8-4-3-5-8/h8H,1-7H2,(H,13,14). The minimum Gasteiger partial charge on any atom is -0.480 e. The molecule has 0 aromatic carbocycles. The van der Waals surface area contributed by atoms with Crippen LogP contribution in [0.25, 0.3) is 0 Å². The van der Waals surface area contributed by atoms with Crippen molar-refractivity contribution in [2.45, 2.75) is 44.9 Å². The van der Waals surface area contributed by atoms with Crippen LogP contribution in [0.2, 0.25) is 0 Å². The summed E-state index contributed by atoms with van der Waals surface area (Å²) in [6, 6.07) is 0. The first-order valence-corrected chi connectivity index (χ1v) is 5.44. The molecule has 14 heavy (non-hydrogen) atoms. The van der Waals surface area contributed by atoms with E-state index in [9.17, 15) is 14.7 Å². The van der Waals surface area contributed by atoms with Gasteiger partial charge in [-0.15, -0.1) is 0 Å². The molecule has 2 aliphatic carbocycles. The monoisotopic (exact) mass is 196 g/mol.